The zero-order chi connectivity index (χ0) is 15.8. The van der Waals surface area contributed by atoms with Gasteiger partial charge >= 0.3 is 11.8 Å². The second kappa shape index (κ2) is 5.35. The van der Waals surface area contributed by atoms with Crippen LogP contribution in [0, 0.1) is 10.1 Å². The van der Waals surface area contributed by atoms with Crippen molar-refractivity contribution in [3.63, 3.8) is 0 Å². The maximum atomic E-state index is 12.3. The molecule has 1 aromatic heterocycles. The Morgan fingerprint density at radius 2 is 2.14 bits per heavy atom. The summed E-state index contributed by atoms with van der Waals surface area (Å²) in [6.07, 6.45) is -0.502. The molecule has 1 aliphatic rings. The molecule has 1 unspecified atom stereocenters. The van der Waals surface area contributed by atoms with Crippen molar-refractivity contribution < 1.29 is 28.3 Å². The van der Waals surface area contributed by atoms with E-state index in [1.807, 2.05) is 0 Å². The Morgan fingerprint density at radius 3 is 2.62 bits per heavy atom. The first-order valence-corrected chi connectivity index (χ1v) is 7.20. The number of sulfonamides is 1. The van der Waals surface area contributed by atoms with Crippen LogP contribution < -0.4 is 0 Å². The molecule has 0 aliphatic carbocycles. The highest BCUT2D eigenvalue weighted by Gasteiger charge is 2.44. The molecule has 0 radical (unpaired) electrons. The first kappa shape index (κ1) is 15.3. The molecule has 21 heavy (non-hydrogen) atoms. The summed E-state index contributed by atoms with van der Waals surface area (Å²) in [5.74, 6) is -1.89. The van der Waals surface area contributed by atoms with Crippen molar-refractivity contribution in [2.75, 3.05) is 6.54 Å². The molecule has 2 N–H and O–H groups in total. The first-order chi connectivity index (χ1) is 9.73. The molecule has 114 valence electrons. The van der Waals surface area contributed by atoms with Gasteiger partial charge in [0.1, 0.15) is 10.9 Å². The molecule has 2 heterocycles. The van der Waals surface area contributed by atoms with Crippen LogP contribution in [0.5, 0.6) is 0 Å². The third-order valence-electron chi connectivity index (χ3n) is 3.03. The van der Waals surface area contributed by atoms with Crippen molar-refractivity contribution in [1.29, 1.82) is 0 Å². The lowest BCUT2D eigenvalue weighted by molar-refractivity contribution is -0.389. The molecular weight excluding hydrogens is 306 g/mol. The Hall–Kier alpha value is -2.11. The normalized spacial score (nSPS) is 23.1. The minimum absolute atomic E-state index is 0.213. The van der Waals surface area contributed by atoms with E-state index in [0.717, 1.165) is 18.3 Å². The van der Waals surface area contributed by atoms with Crippen LogP contribution in [0.2, 0.25) is 0 Å². The molecule has 0 aromatic carbocycles. The van der Waals surface area contributed by atoms with E-state index in [0.29, 0.717) is 4.31 Å². The number of carboxylic acids is 1. The topological polar surface area (TPSA) is 151 Å². The van der Waals surface area contributed by atoms with Crippen LogP contribution in [0.15, 0.2) is 23.2 Å². The highest BCUT2D eigenvalue weighted by atomic mass is 32.2. The molecule has 11 heteroatoms. The monoisotopic (exact) mass is 317 g/mol. The van der Waals surface area contributed by atoms with Gasteiger partial charge in [0, 0.05) is 19.0 Å². The number of pyridine rings is 1. The van der Waals surface area contributed by atoms with E-state index in [1.54, 1.807) is 0 Å². The van der Waals surface area contributed by atoms with Gasteiger partial charge in [-0.05, 0) is 16.0 Å². The van der Waals surface area contributed by atoms with E-state index in [1.165, 1.54) is 0 Å². The average Bonchev–Trinajstić information content (AvgIpc) is 2.82. The summed E-state index contributed by atoms with van der Waals surface area (Å²) in [7, 11) is -4.20. The number of β-amino-alcohol motifs (C(OH)–C–C–N with tert-alkyl or cyclic N) is 1. The fourth-order valence-electron chi connectivity index (χ4n) is 2.04. The van der Waals surface area contributed by atoms with Crippen LogP contribution in [0.1, 0.15) is 6.42 Å². The van der Waals surface area contributed by atoms with Gasteiger partial charge < -0.3 is 20.3 Å². The molecule has 0 spiro atoms. The summed E-state index contributed by atoms with van der Waals surface area (Å²) in [6.45, 7) is -0.351. The molecule has 1 saturated heterocycles. The van der Waals surface area contributed by atoms with E-state index in [9.17, 15) is 28.4 Å². The predicted octanol–water partition coefficient (Wildman–Crippen LogP) is -0.802. The van der Waals surface area contributed by atoms with Gasteiger partial charge in [0.05, 0.1) is 6.10 Å². The fourth-order valence-corrected chi connectivity index (χ4v) is 3.62. The quantitative estimate of drug-likeness (QED) is 0.541. The van der Waals surface area contributed by atoms with Gasteiger partial charge in [-0.3, -0.25) is 4.79 Å². The fraction of sp³-hybridized carbons (Fsp3) is 0.400. The third-order valence-corrected chi connectivity index (χ3v) is 4.89. The summed E-state index contributed by atoms with van der Waals surface area (Å²) < 4.78 is 25.3. The van der Waals surface area contributed by atoms with E-state index in [-0.39, 0.29) is 17.9 Å². The van der Waals surface area contributed by atoms with Crippen molar-refractivity contribution in [1.82, 2.24) is 9.29 Å². The van der Waals surface area contributed by atoms with E-state index in [4.69, 9.17) is 5.11 Å². The molecule has 0 amide bonds. The standard InChI is InChI=1S/C10H11N3O7S/c14-6-3-8(10(15)16)12(5-6)21(19,20)7-1-2-9(11-4-7)13(17)18/h1-2,4,6,8,14H,3,5H2,(H,15,16)/t6?,8-/m0/s1. The summed E-state index contributed by atoms with van der Waals surface area (Å²) in [5.41, 5.74) is 0. The number of nitro groups is 1. The van der Waals surface area contributed by atoms with Gasteiger partial charge in [-0.25, -0.2) is 8.42 Å². The zero-order valence-electron chi connectivity index (χ0n) is 10.5. The van der Waals surface area contributed by atoms with E-state index >= 15 is 0 Å². The van der Waals surface area contributed by atoms with Crippen molar-refractivity contribution in [2.24, 2.45) is 0 Å². The van der Waals surface area contributed by atoms with Gasteiger partial charge in [0.25, 0.3) is 0 Å². The van der Waals surface area contributed by atoms with Gasteiger partial charge in [-0.1, -0.05) is 0 Å². The van der Waals surface area contributed by atoms with Gasteiger partial charge in [0.15, 0.2) is 6.20 Å². The van der Waals surface area contributed by atoms with Gasteiger partial charge in [-0.2, -0.15) is 4.31 Å². The number of nitrogens with zero attached hydrogens (tertiary/aromatic N) is 3. The number of aliphatic hydroxyl groups is 1. The van der Waals surface area contributed by atoms with Crippen LogP contribution in [0.4, 0.5) is 5.82 Å². The van der Waals surface area contributed by atoms with Crippen LogP contribution in [-0.2, 0) is 14.8 Å². The lowest BCUT2D eigenvalue weighted by atomic mass is 10.2. The molecule has 2 rings (SSSR count). The lowest BCUT2D eigenvalue weighted by Crippen LogP contribution is -2.40. The summed E-state index contributed by atoms with van der Waals surface area (Å²) in [4.78, 5) is 23.8. The Kier molecular flexibility index (Phi) is 3.89. The summed E-state index contributed by atoms with van der Waals surface area (Å²) in [5, 5.41) is 29.0. The predicted molar refractivity (Wildman–Crippen MR) is 66.8 cm³/mol. The van der Waals surface area contributed by atoms with Crippen LogP contribution >= 0.6 is 0 Å². The number of hydrogen-bond donors (Lipinski definition) is 2. The highest BCUT2D eigenvalue weighted by molar-refractivity contribution is 7.89. The summed E-state index contributed by atoms with van der Waals surface area (Å²) in [6, 6.07) is 0.513. The minimum atomic E-state index is -4.20. The second-order valence-corrected chi connectivity index (χ2v) is 6.32. The van der Waals surface area contributed by atoms with E-state index < -0.39 is 38.9 Å². The highest BCUT2D eigenvalue weighted by Crippen LogP contribution is 2.26. The zero-order valence-corrected chi connectivity index (χ0v) is 11.3. The van der Waals surface area contributed by atoms with Crippen LogP contribution in [-0.4, -0.2) is 57.5 Å². The van der Waals surface area contributed by atoms with Crippen molar-refractivity contribution in [2.45, 2.75) is 23.5 Å². The number of rotatable bonds is 4. The first-order valence-electron chi connectivity index (χ1n) is 5.76. The van der Waals surface area contributed by atoms with Crippen molar-refractivity contribution >= 4 is 21.8 Å². The van der Waals surface area contributed by atoms with Crippen molar-refractivity contribution in [3.8, 4) is 0 Å². The number of aliphatic hydroxyl groups excluding tert-OH is 1. The Morgan fingerprint density at radius 1 is 1.48 bits per heavy atom. The molecule has 1 fully saturated rings. The molecule has 1 aromatic rings. The Balaban J connectivity index is 2.37. The maximum absolute atomic E-state index is 12.3. The number of carboxylic acid groups (broad SMARTS) is 1. The lowest BCUT2D eigenvalue weighted by Gasteiger charge is -2.19. The van der Waals surface area contributed by atoms with Crippen LogP contribution in [0.25, 0.3) is 0 Å². The Labute approximate surface area is 118 Å². The number of aliphatic carboxylic acids is 1. The van der Waals surface area contributed by atoms with E-state index in [2.05, 4.69) is 4.98 Å². The number of aromatic nitrogens is 1. The van der Waals surface area contributed by atoms with Gasteiger partial charge in [-0.15, -0.1) is 0 Å². The number of carbonyl (C=O) groups is 1. The smallest absolute Gasteiger partial charge is 0.363 e. The second-order valence-electron chi connectivity index (χ2n) is 4.43. The largest absolute Gasteiger partial charge is 0.480 e. The maximum Gasteiger partial charge on any atom is 0.363 e. The Bertz CT molecular complexity index is 672. The average molecular weight is 317 g/mol. The molecule has 2 atom stereocenters. The molecule has 10 nitrogen and oxygen atoms in total. The molecule has 1 aliphatic heterocycles. The SMILES string of the molecule is O=C(O)[C@@H]1CC(O)CN1S(=O)(=O)c1ccc([N+](=O)[O-])nc1. The van der Waals surface area contributed by atoms with Crippen molar-refractivity contribution in [3.05, 3.63) is 28.4 Å². The minimum Gasteiger partial charge on any atom is -0.480 e. The molecular formula is C10H11N3O7S. The third kappa shape index (κ3) is 2.84. The molecule has 0 bridgehead atoms. The summed E-state index contributed by atoms with van der Waals surface area (Å²) >= 11 is 0. The van der Waals surface area contributed by atoms with Gasteiger partial charge in [0.2, 0.25) is 10.0 Å². The van der Waals surface area contributed by atoms with Crippen LogP contribution in [0.3, 0.4) is 0 Å². The molecule has 0 saturated carbocycles. The number of hydrogen-bond acceptors (Lipinski definition) is 7.